The summed E-state index contributed by atoms with van der Waals surface area (Å²) in [7, 11) is 0. The van der Waals surface area contributed by atoms with Gasteiger partial charge in [-0.15, -0.1) is 15.0 Å². The second kappa shape index (κ2) is 67.6. The van der Waals surface area contributed by atoms with Crippen molar-refractivity contribution in [1.82, 2.24) is 42.4 Å². The van der Waals surface area contributed by atoms with Gasteiger partial charge < -0.3 is 74.4 Å². The molecule has 0 aliphatic heterocycles. The van der Waals surface area contributed by atoms with Gasteiger partial charge in [-0.3, -0.25) is 14.4 Å². The zero-order valence-corrected chi connectivity index (χ0v) is 69.5. The maximum absolute atomic E-state index is 13.4. The van der Waals surface area contributed by atoms with Crippen molar-refractivity contribution in [3.63, 3.8) is 0 Å². The minimum Gasteiger partial charge on any atom is -0.481 e. The third kappa shape index (κ3) is 50.2. The molecule has 9 N–H and O–H groups in total. The molecule has 0 amide bonds. The number of hydrogen-bond acceptors (Lipinski definition) is 32. The summed E-state index contributed by atoms with van der Waals surface area (Å²) in [5.41, 5.74) is -3.61. The van der Waals surface area contributed by atoms with E-state index >= 15 is 0 Å². The summed E-state index contributed by atoms with van der Waals surface area (Å²) in [6.45, 7) is 12.2. The van der Waals surface area contributed by atoms with Gasteiger partial charge in [-0.25, -0.2) is 56.2 Å². The number of rotatable bonds is 68. The number of unbranched alkanes of at least 4 members (excludes halogenated alkanes) is 4. The standard InChI is InChI=1S/C26H49N3O9S3.C23H43N3O6S2.C18H27N3O9S3/c1-22(20-40-16-12-37-9-6-31)18-28-24(33)27(4-3-14-39-15-11-36-8-5-30)25(34)29(26(28)35)19-23(2)21-41-17-13-38-10-7-32;1-19(17-33-13-7-3-5-10-27)15-25-21(30)24(9-12-29)22(31)26(23(25)32)16-20(2)18-34-14-8-4-6-11-28;22-13(23)10-31-7-1-4-28-16-19-17(29-5-2-8-32-11-14(24)25)21-18(20-16)30-6-3-9-33-12-15(26)27/h22-23,30-32H,3-21H2,1-2H3;19-20,27-29H,3-18H2,1-2H3;1-12H2,(H,22,23)(H,24,25)(H,26,27). The number of carbonyl (C=O) groups is 3. The molecule has 3 aromatic rings. The van der Waals surface area contributed by atoms with E-state index in [4.69, 9.17) is 69.3 Å². The minimum absolute atomic E-state index is 0.0116. The van der Waals surface area contributed by atoms with Crippen LogP contribution in [0.15, 0.2) is 28.8 Å². The third-order valence-electron chi connectivity index (χ3n) is 14.3. The summed E-state index contributed by atoms with van der Waals surface area (Å²) in [5.74, 6) is 7.32. The van der Waals surface area contributed by atoms with Gasteiger partial charge in [0, 0.05) is 63.2 Å². The maximum Gasteiger partial charge on any atom is 0.336 e. The first-order valence-corrected chi connectivity index (χ1v) is 45.5. The Labute approximate surface area is 665 Å². The van der Waals surface area contributed by atoms with Crippen molar-refractivity contribution in [2.45, 2.75) is 131 Å². The Bertz CT molecular complexity index is 3000. The number of aliphatic hydroxyl groups is 6. The number of aliphatic hydroxyl groups excluding tert-OH is 6. The molecule has 4 atom stereocenters. The van der Waals surface area contributed by atoms with Gasteiger partial charge in [0.25, 0.3) is 0 Å². The van der Waals surface area contributed by atoms with Gasteiger partial charge in [-0.1, -0.05) is 40.5 Å². The molecule has 3 rings (SSSR count). The van der Waals surface area contributed by atoms with E-state index in [-0.39, 0.29) is 158 Å². The van der Waals surface area contributed by atoms with E-state index in [0.717, 1.165) is 98.2 Å². The summed E-state index contributed by atoms with van der Waals surface area (Å²) in [4.78, 5) is 123. The number of nitrogens with zero attached hydrogens (tertiary/aromatic N) is 9. The lowest BCUT2D eigenvalue weighted by atomic mass is 10.2. The van der Waals surface area contributed by atoms with Crippen LogP contribution < -0.4 is 48.3 Å². The highest BCUT2D eigenvalue weighted by Crippen LogP contribution is 2.19. The van der Waals surface area contributed by atoms with Crippen LogP contribution in [0.5, 0.6) is 18.0 Å². The van der Waals surface area contributed by atoms with Crippen LogP contribution >= 0.6 is 94.1 Å². The summed E-state index contributed by atoms with van der Waals surface area (Å²) in [5, 5.41) is 79.3. The van der Waals surface area contributed by atoms with Gasteiger partial charge in [0.2, 0.25) is 0 Å². The Morgan fingerprint density at radius 2 is 0.583 bits per heavy atom. The average Bonchev–Trinajstić information content (AvgIpc) is 0.789. The molecule has 0 saturated carbocycles. The first-order valence-electron chi connectivity index (χ1n) is 36.3. The number of aliphatic carboxylic acids is 3. The van der Waals surface area contributed by atoms with E-state index in [1.165, 1.54) is 49.0 Å². The van der Waals surface area contributed by atoms with Crippen molar-refractivity contribution in [2.24, 2.45) is 23.7 Å². The van der Waals surface area contributed by atoms with Gasteiger partial charge in [-0.2, -0.15) is 94.1 Å². The highest BCUT2D eigenvalue weighted by atomic mass is 32.2. The van der Waals surface area contributed by atoms with E-state index in [1.54, 1.807) is 58.8 Å². The number of thioether (sulfide) groups is 8. The van der Waals surface area contributed by atoms with Gasteiger partial charge in [0.15, 0.2) is 0 Å². The molecule has 41 heteroatoms. The number of carboxylic acid groups (broad SMARTS) is 3. The molecular formula is C67H119N9O24S8. The molecule has 3 aromatic heterocycles. The monoisotopic (exact) mass is 1690 g/mol. The van der Waals surface area contributed by atoms with Gasteiger partial charge in [0.05, 0.1) is 110 Å². The van der Waals surface area contributed by atoms with Crippen molar-refractivity contribution in [2.75, 3.05) is 191 Å². The Kier molecular flexibility index (Phi) is 63.9. The quantitative estimate of drug-likeness (QED) is 0.0367. The number of aromatic nitrogens is 9. The molecular weight excluding hydrogens is 1570 g/mol. The fourth-order valence-electron chi connectivity index (χ4n) is 9.30. The summed E-state index contributed by atoms with van der Waals surface area (Å²) >= 11 is 12.3. The van der Waals surface area contributed by atoms with Crippen LogP contribution in [0.1, 0.15) is 91.9 Å². The molecule has 0 spiro atoms. The molecule has 4 unspecified atom stereocenters. The van der Waals surface area contributed by atoms with Crippen LogP contribution in [-0.4, -0.2) is 297 Å². The smallest absolute Gasteiger partial charge is 0.336 e. The predicted molar refractivity (Wildman–Crippen MR) is 434 cm³/mol. The van der Waals surface area contributed by atoms with Crippen LogP contribution in [-0.2, 0) is 67.9 Å². The van der Waals surface area contributed by atoms with Crippen molar-refractivity contribution < 1.29 is 88.8 Å². The van der Waals surface area contributed by atoms with E-state index in [0.29, 0.717) is 94.1 Å². The topological polar surface area (TPSA) is 459 Å². The zero-order chi connectivity index (χ0) is 80.0. The third-order valence-corrected chi connectivity index (χ3v) is 23.7. The van der Waals surface area contributed by atoms with Crippen molar-refractivity contribution >= 4 is 112 Å². The number of carboxylic acids is 3. The van der Waals surface area contributed by atoms with E-state index in [9.17, 15) is 48.3 Å². The molecule has 3 heterocycles. The van der Waals surface area contributed by atoms with Crippen LogP contribution in [0.2, 0.25) is 0 Å². The maximum atomic E-state index is 13.4. The van der Waals surface area contributed by atoms with Crippen molar-refractivity contribution in [1.29, 1.82) is 0 Å². The Balaban J connectivity index is 0.000000816. The predicted octanol–water partition coefficient (Wildman–Crippen LogP) is 2.92. The molecule has 108 heavy (non-hydrogen) atoms. The molecule has 0 radical (unpaired) electrons. The van der Waals surface area contributed by atoms with E-state index in [2.05, 4.69) is 15.0 Å². The Morgan fingerprint density at radius 3 is 0.880 bits per heavy atom. The van der Waals surface area contributed by atoms with Gasteiger partial charge in [-0.05, 0) is 133 Å². The number of hydrogen-bond donors (Lipinski definition) is 9. The molecule has 0 saturated heterocycles. The second-order valence-corrected chi connectivity index (χ2v) is 33.7. The molecule has 0 fully saturated rings. The average molecular weight is 1690 g/mol. The normalized spacial score (nSPS) is 12.4. The number of ether oxygens (including phenoxy) is 6. The highest BCUT2D eigenvalue weighted by molar-refractivity contribution is 8.01. The first kappa shape index (κ1) is 102. The van der Waals surface area contributed by atoms with Crippen LogP contribution in [0.25, 0.3) is 0 Å². The fraction of sp³-hybridized carbons (Fsp3) is 0.821. The molecule has 0 bridgehead atoms. The molecule has 0 aromatic carbocycles. The summed E-state index contributed by atoms with van der Waals surface area (Å²) in [6, 6.07) is 0.0382. The lowest BCUT2D eigenvalue weighted by molar-refractivity contribution is -0.134. The zero-order valence-electron chi connectivity index (χ0n) is 63.0. The summed E-state index contributed by atoms with van der Waals surface area (Å²) < 4.78 is 39.2. The highest BCUT2D eigenvalue weighted by Gasteiger charge is 2.22. The lowest BCUT2D eigenvalue weighted by Crippen LogP contribution is -2.55. The fourth-order valence-corrected chi connectivity index (χ4v) is 16.0. The molecule has 33 nitrogen and oxygen atoms in total. The largest absolute Gasteiger partial charge is 0.481 e. The van der Waals surface area contributed by atoms with Crippen LogP contribution in [0.3, 0.4) is 0 Å². The van der Waals surface area contributed by atoms with Crippen LogP contribution in [0.4, 0.5) is 0 Å². The molecule has 0 aliphatic carbocycles. The van der Waals surface area contributed by atoms with Crippen LogP contribution in [0, 0.1) is 23.7 Å². The van der Waals surface area contributed by atoms with Crippen molar-refractivity contribution in [3.8, 4) is 18.0 Å². The van der Waals surface area contributed by atoms with E-state index < -0.39 is 52.0 Å². The summed E-state index contributed by atoms with van der Waals surface area (Å²) in [6.07, 6.45) is 7.98. The SMILES string of the molecule is CC(CSCCCCCO)Cn1c(=O)n(CCO)c(=O)n(CC(C)CSCCCCCO)c1=O.CC(CSCCOCCO)Cn1c(=O)n(CCCSCCOCCO)c(=O)n(CC(C)CSCCOCCO)c1=O.O=C(O)CSCCCOc1nc(OCCCSCC(=O)O)nc(OCCCSCC(=O)O)n1. The Morgan fingerprint density at radius 1 is 0.306 bits per heavy atom. The molecule has 0 aliphatic rings. The minimum atomic E-state index is -0.871. The van der Waals surface area contributed by atoms with Gasteiger partial charge in [0.1, 0.15) is 0 Å². The lowest BCUT2D eigenvalue weighted by Gasteiger charge is -2.19. The first-order chi connectivity index (χ1) is 52.1. The van der Waals surface area contributed by atoms with Crippen molar-refractivity contribution in [3.05, 3.63) is 62.9 Å². The molecule has 624 valence electrons. The second-order valence-electron chi connectivity index (χ2n) is 24.6. The Hall–Kier alpha value is -3.92. The van der Waals surface area contributed by atoms with Gasteiger partial charge >= 0.3 is 70.1 Å². The van der Waals surface area contributed by atoms with E-state index in [1.807, 2.05) is 27.7 Å².